The highest BCUT2D eigenvalue weighted by Gasteiger charge is 1.90. The Labute approximate surface area is 50.5 Å². The first-order chi connectivity index (χ1) is 3.30. The molecule has 2 nitrogen and oxygen atoms in total. The highest BCUT2D eigenvalue weighted by molar-refractivity contribution is 5.75. The van der Waals surface area contributed by atoms with Gasteiger partial charge in [0.15, 0.2) is 6.39 Å². The molecule has 1 heterocycles. The molecule has 0 aromatic carbocycles. The van der Waals surface area contributed by atoms with Crippen LogP contribution in [0, 0.1) is 13.8 Å². The second-order valence-corrected chi connectivity index (χ2v) is 1.49. The average Bonchev–Trinajstić information content (AvgIpc) is 1.91. The fraction of sp³-hybridized carbons (Fsp3) is 0.400. The Morgan fingerprint density at radius 3 is 2.25 bits per heavy atom. The summed E-state index contributed by atoms with van der Waals surface area (Å²) >= 11 is 0. The molecule has 1 rings (SSSR count). The molecule has 41 valence electrons. The molecule has 3 heteroatoms. The van der Waals surface area contributed by atoms with Crippen molar-refractivity contribution in [3.05, 3.63) is 17.8 Å². The molecule has 0 amide bonds. The van der Waals surface area contributed by atoms with Crippen LogP contribution in [0.4, 0.5) is 0 Å². The first-order valence-corrected chi connectivity index (χ1v) is 2.17. The van der Waals surface area contributed by atoms with E-state index in [1.165, 1.54) is 6.39 Å². The maximum atomic E-state index is 4.85. The second kappa shape index (κ2) is 2.55. The maximum absolute atomic E-state index is 4.85. The number of hydrogen-bond acceptors (Lipinski definition) is 2. The van der Waals surface area contributed by atoms with E-state index in [-0.39, 0.29) is 8.41 Å². The third-order valence-electron chi connectivity index (χ3n) is 0.985. The quantitative estimate of drug-likeness (QED) is 0.461. The molecule has 0 aliphatic heterocycles. The van der Waals surface area contributed by atoms with Gasteiger partial charge in [-0.05, 0) is 13.8 Å². The molecule has 0 N–H and O–H groups in total. The summed E-state index contributed by atoms with van der Waals surface area (Å²) < 4.78 is 4.85. The molecule has 0 saturated heterocycles. The van der Waals surface area contributed by atoms with Gasteiger partial charge in [-0.15, -0.1) is 0 Å². The Morgan fingerprint density at radius 2 is 2.12 bits per heavy atom. The third kappa shape index (κ3) is 1.12. The molecule has 0 bridgehead atoms. The Hall–Kier alpha value is -0.725. The highest BCUT2D eigenvalue weighted by Crippen LogP contribution is 1.99. The topological polar surface area (TPSA) is 26.0 Å². The van der Waals surface area contributed by atoms with Gasteiger partial charge >= 0.3 is 0 Å². The van der Waals surface area contributed by atoms with Crippen LogP contribution in [0.15, 0.2) is 10.8 Å². The molecule has 0 atom stereocenters. The second-order valence-electron chi connectivity index (χ2n) is 1.49. The molecule has 0 unspecified atom stereocenters. The summed E-state index contributed by atoms with van der Waals surface area (Å²) in [7, 11) is 0. The maximum Gasteiger partial charge on any atom is 0.181 e. The van der Waals surface area contributed by atoms with Crippen LogP contribution in [0.2, 0.25) is 0 Å². The van der Waals surface area contributed by atoms with Crippen LogP contribution in [-0.4, -0.2) is 13.4 Å². The van der Waals surface area contributed by atoms with Gasteiger partial charge in [0.05, 0.1) is 5.69 Å². The number of nitrogens with zero attached hydrogens (tertiary/aromatic N) is 1. The molecule has 8 heavy (non-hydrogen) atoms. The van der Waals surface area contributed by atoms with Crippen molar-refractivity contribution in [2.24, 2.45) is 0 Å². The van der Waals surface area contributed by atoms with Gasteiger partial charge in [-0.25, -0.2) is 4.98 Å². The molecule has 0 aliphatic rings. The Morgan fingerprint density at radius 1 is 1.50 bits per heavy atom. The normalized spacial score (nSPS) is 8.25. The van der Waals surface area contributed by atoms with Gasteiger partial charge in [0.1, 0.15) is 5.76 Å². The van der Waals surface area contributed by atoms with Crippen LogP contribution >= 0.6 is 0 Å². The molecule has 0 spiro atoms. The van der Waals surface area contributed by atoms with Crippen molar-refractivity contribution in [2.45, 2.75) is 13.8 Å². The van der Waals surface area contributed by atoms with E-state index in [2.05, 4.69) is 4.98 Å². The van der Waals surface area contributed by atoms with Crippen LogP contribution in [0.5, 0.6) is 0 Å². The van der Waals surface area contributed by atoms with Gasteiger partial charge < -0.3 is 4.42 Å². The monoisotopic (exact) mass is 108 g/mol. The summed E-state index contributed by atoms with van der Waals surface area (Å²) in [4.78, 5) is 3.85. The van der Waals surface area contributed by atoms with E-state index in [1.807, 2.05) is 13.8 Å². The van der Waals surface area contributed by atoms with E-state index < -0.39 is 0 Å². The minimum atomic E-state index is 0. The van der Waals surface area contributed by atoms with E-state index in [0.717, 1.165) is 11.5 Å². The zero-order chi connectivity index (χ0) is 5.28. The minimum Gasteiger partial charge on any atom is -0.449 e. The lowest BCUT2D eigenvalue weighted by Crippen LogP contribution is -1.69. The summed E-state index contributed by atoms with van der Waals surface area (Å²) in [5.74, 6) is 0.903. The van der Waals surface area contributed by atoms with Crippen molar-refractivity contribution in [2.75, 3.05) is 0 Å². The third-order valence-corrected chi connectivity index (χ3v) is 0.985. The Balaban J connectivity index is 0.000000490. The van der Waals surface area contributed by atoms with Gasteiger partial charge in [0.25, 0.3) is 0 Å². The highest BCUT2D eigenvalue weighted by atomic mass is 16.3. The van der Waals surface area contributed by atoms with Crippen molar-refractivity contribution in [1.82, 2.24) is 4.98 Å². The summed E-state index contributed by atoms with van der Waals surface area (Å²) in [5, 5.41) is 0. The standard InChI is InChI=1S/C5H7NO.B/c1-4-5(2)7-3-6-4;/h3H,1-2H3;. The number of aromatic nitrogens is 1. The molecule has 3 radical (unpaired) electrons. The van der Waals surface area contributed by atoms with Crippen LogP contribution in [0.3, 0.4) is 0 Å². The zero-order valence-corrected chi connectivity index (χ0v) is 5.01. The lowest BCUT2D eigenvalue weighted by Gasteiger charge is -1.76. The number of rotatable bonds is 0. The number of oxazole rings is 1. The first-order valence-electron chi connectivity index (χ1n) is 2.17. The van der Waals surface area contributed by atoms with Crippen LogP contribution in [-0.2, 0) is 0 Å². The Kier molecular flexibility index (Phi) is 2.32. The molecule has 0 fully saturated rings. The van der Waals surface area contributed by atoms with Gasteiger partial charge in [-0.1, -0.05) is 0 Å². The molecule has 1 aromatic rings. The summed E-state index contributed by atoms with van der Waals surface area (Å²) in [6, 6.07) is 0. The van der Waals surface area contributed by atoms with E-state index in [0.29, 0.717) is 0 Å². The molecule has 0 aliphatic carbocycles. The van der Waals surface area contributed by atoms with E-state index in [9.17, 15) is 0 Å². The molecular weight excluding hydrogens is 101 g/mol. The zero-order valence-electron chi connectivity index (χ0n) is 5.01. The lowest BCUT2D eigenvalue weighted by atomic mass is 10.4. The van der Waals surface area contributed by atoms with E-state index in [1.54, 1.807) is 0 Å². The van der Waals surface area contributed by atoms with Crippen molar-refractivity contribution >= 4 is 8.41 Å². The van der Waals surface area contributed by atoms with Crippen LogP contribution in [0.25, 0.3) is 0 Å². The lowest BCUT2D eigenvalue weighted by molar-refractivity contribution is 0.525. The minimum absolute atomic E-state index is 0. The predicted octanol–water partition coefficient (Wildman–Crippen LogP) is 0.911. The van der Waals surface area contributed by atoms with E-state index in [4.69, 9.17) is 4.42 Å². The van der Waals surface area contributed by atoms with Crippen molar-refractivity contribution in [1.29, 1.82) is 0 Å². The van der Waals surface area contributed by atoms with Gasteiger partial charge in [0.2, 0.25) is 0 Å². The molecule has 0 saturated carbocycles. The summed E-state index contributed by atoms with van der Waals surface area (Å²) in [6.07, 6.45) is 1.45. The smallest absolute Gasteiger partial charge is 0.181 e. The molecule has 1 aromatic heterocycles. The van der Waals surface area contributed by atoms with Gasteiger partial charge in [-0.3, -0.25) is 0 Å². The fourth-order valence-electron chi connectivity index (χ4n) is 0.361. The van der Waals surface area contributed by atoms with Crippen LogP contribution in [0.1, 0.15) is 11.5 Å². The van der Waals surface area contributed by atoms with Crippen molar-refractivity contribution in [3.63, 3.8) is 0 Å². The number of aryl methyl sites for hydroxylation is 2. The molecular formula is C5H7BNO. The van der Waals surface area contributed by atoms with Crippen molar-refractivity contribution in [3.8, 4) is 0 Å². The van der Waals surface area contributed by atoms with Gasteiger partial charge in [-0.2, -0.15) is 0 Å². The van der Waals surface area contributed by atoms with Crippen molar-refractivity contribution < 1.29 is 4.42 Å². The van der Waals surface area contributed by atoms with Gasteiger partial charge in [0, 0.05) is 8.41 Å². The summed E-state index contributed by atoms with van der Waals surface area (Å²) in [5.41, 5.74) is 0.972. The SMILES string of the molecule is Cc1ncoc1C.[B]. The van der Waals surface area contributed by atoms with Crippen LogP contribution < -0.4 is 0 Å². The Bertz CT molecular complexity index is 145. The van der Waals surface area contributed by atoms with E-state index >= 15 is 0 Å². The summed E-state index contributed by atoms with van der Waals surface area (Å²) in [6.45, 7) is 3.81. The number of hydrogen-bond donors (Lipinski definition) is 0. The average molecular weight is 108 g/mol. The predicted molar refractivity (Wildman–Crippen MR) is 31.7 cm³/mol. The largest absolute Gasteiger partial charge is 0.449 e. The first kappa shape index (κ1) is 7.27. The fourth-order valence-corrected chi connectivity index (χ4v) is 0.361.